The number of para-hydroxylation sites is 2. The van der Waals surface area contributed by atoms with Crippen LogP contribution >= 0.6 is 0 Å². The number of nitrogens with one attached hydrogen (secondary N) is 1. The van der Waals surface area contributed by atoms with Crippen molar-refractivity contribution in [3.05, 3.63) is 41.9 Å². The molecule has 1 fully saturated rings. The Morgan fingerprint density at radius 1 is 1.23 bits per heavy atom. The number of aromatic nitrogens is 3. The second-order valence-electron chi connectivity index (χ2n) is 9.23. The largest absolute Gasteiger partial charge is 0.447 e. The van der Waals surface area contributed by atoms with Crippen LogP contribution in [-0.4, -0.2) is 56.2 Å². The standard InChI is InChI=1S/C24H26N6O4S/c25-22(31)33-14-24(9-3-10-24)29-20-19-17(8-13-35(19)32)27-23(28-20)30-11-6-15(7-12-30)21-26-16-4-1-2-5-18(16)34-21/h1-2,4-6H,3,7-14H2,(H2,25,31)(H,27,28,29)/t35-/m0/s1. The van der Waals surface area contributed by atoms with E-state index in [1.807, 2.05) is 24.3 Å². The minimum absolute atomic E-state index is 0.156. The Balaban J connectivity index is 1.26. The minimum atomic E-state index is -1.16. The molecular weight excluding hydrogens is 468 g/mol. The van der Waals surface area contributed by atoms with E-state index in [0.29, 0.717) is 47.8 Å². The van der Waals surface area contributed by atoms with Crippen molar-refractivity contribution in [3.8, 4) is 0 Å². The molecule has 1 atom stereocenters. The first-order chi connectivity index (χ1) is 17.0. The topological polar surface area (TPSA) is 136 Å². The number of carbonyl (C=O) groups is 1. The molecule has 2 aliphatic heterocycles. The predicted octanol–water partition coefficient (Wildman–Crippen LogP) is 3.01. The highest BCUT2D eigenvalue weighted by molar-refractivity contribution is 7.85. The fourth-order valence-electron chi connectivity index (χ4n) is 4.83. The molecule has 4 heterocycles. The lowest BCUT2D eigenvalue weighted by atomic mass is 9.77. The van der Waals surface area contributed by atoms with Crippen molar-refractivity contribution in [2.75, 3.05) is 35.7 Å². The number of nitrogens with zero attached hydrogens (tertiary/aromatic N) is 4. The van der Waals surface area contributed by atoms with Crippen LogP contribution in [-0.2, 0) is 22.0 Å². The van der Waals surface area contributed by atoms with E-state index in [2.05, 4.69) is 21.3 Å². The van der Waals surface area contributed by atoms with Gasteiger partial charge in [0, 0.05) is 30.8 Å². The third-order valence-electron chi connectivity index (χ3n) is 6.92. The quantitative estimate of drug-likeness (QED) is 0.530. The lowest BCUT2D eigenvalue weighted by molar-refractivity contribution is 0.101. The Morgan fingerprint density at radius 2 is 2.09 bits per heavy atom. The van der Waals surface area contributed by atoms with Crippen LogP contribution in [0.4, 0.5) is 16.6 Å². The predicted molar refractivity (Wildman–Crippen MR) is 132 cm³/mol. The van der Waals surface area contributed by atoms with E-state index in [1.165, 1.54) is 0 Å². The molecule has 0 unspecified atom stereocenters. The number of ether oxygens (including phenoxy) is 1. The Kier molecular flexibility index (Phi) is 5.43. The molecule has 3 aliphatic rings. The first-order valence-corrected chi connectivity index (χ1v) is 13.1. The molecule has 1 aliphatic carbocycles. The number of hydrogen-bond acceptors (Lipinski definition) is 9. The highest BCUT2D eigenvalue weighted by Gasteiger charge is 2.40. The second kappa shape index (κ2) is 8.63. The first-order valence-electron chi connectivity index (χ1n) is 11.8. The Labute approximate surface area is 204 Å². The number of carbonyl (C=O) groups excluding carboxylic acids is 1. The second-order valence-corrected chi connectivity index (χ2v) is 10.7. The van der Waals surface area contributed by atoms with Crippen molar-refractivity contribution < 1.29 is 18.2 Å². The van der Waals surface area contributed by atoms with Gasteiger partial charge in [-0.3, -0.25) is 4.21 Å². The van der Waals surface area contributed by atoms with Crippen LogP contribution in [0.1, 0.15) is 37.3 Å². The fourth-order valence-corrected chi connectivity index (χ4v) is 6.14. The third kappa shape index (κ3) is 4.13. The number of amides is 1. The molecule has 3 N–H and O–H groups in total. The van der Waals surface area contributed by atoms with Crippen LogP contribution in [0.25, 0.3) is 16.7 Å². The van der Waals surface area contributed by atoms with Crippen molar-refractivity contribution in [1.82, 2.24) is 15.0 Å². The number of benzene rings is 1. The van der Waals surface area contributed by atoms with Gasteiger partial charge in [-0.15, -0.1) is 0 Å². The summed E-state index contributed by atoms with van der Waals surface area (Å²) in [6.45, 7) is 1.48. The molecule has 1 amide bonds. The van der Waals surface area contributed by atoms with Crippen LogP contribution in [0.3, 0.4) is 0 Å². The molecule has 0 radical (unpaired) electrons. The highest BCUT2D eigenvalue weighted by Crippen LogP contribution is 2.39. The van der Waals surface area contributed by atoms with Gasteiger partial charge in [-0.1, -0.05) is 18.2 Å². The van der Waals surface area contributed by atoms with E-state index in [-0.39, 0.29) is 6.61 Å². The van der Waals surface area contributed by atoms with Crippen molar-refractivity contribution in [2.45, 2.75) is 42.5 Å². The molecule has 0 bridgehead atoms. The summed E-state index contributed by atoms with van der Waals surface area (Å²) in [7, 11) is -1.16. The fraction of sp³-hybridized carbons (Fsp3) is 0.417. The number of rotatable bonds is 6. The van der Waals surface area contributed by atoms with Gasteiger partial charge >= 0.3 is 6.09 Å². The minimum Gasteiger partial charge on any atom is -0.447 e. The van der Waals surface area contributed by atoms with Crippen molar-refractivity contribution in [2.24, 2.45) is 5.73 Å². The monoisotopic (exact) mass is 494 g/mol. The molecule has 182 valence electrons. The summed E-state index contributed by atoms with van der Waals surface area (Å²) < 4.78 is 23.8. The molecular formula is C24H26N6O4S. The number of primary amides is 1. The van der Waals surface area contributed by atoms with Gasteiger partial charge in [0.1, 0.15) is 22.8 Å². The molecule has 35 heavy (non-hydrogen) atoms. The van der Waals surface area contributed by atoms with Crippen LogP contribution in [0.2, 0.25) is 0 Å². The van der Waals surface area contributed by atoms with Gasteiger partial charge < -0.3 is 25.1 Å². The Morgan fingerprint density at radius 3 is 2.80 bits per heavy atom. The molecule has 1 aromatic carbocycles. The van der Waals surface area contributed by atoms with E-state index < -0.39 is 22.4 Å². The zero-order chi connectivity index (χ0) is 24.0. The van der Waals surface area contributed by atoms with Crippen molar-refractivity contribution in [3.63, 3.8) is 0 Å². The third-order valence-corrected chi connectivity index (χ3v) is 8.38. The zero-order valence-electron chi connectivity index (χ0n) is 19.2. The maximum atomic E-state index is 12.8. The van der Waals surface area contributed by atoms with Gasteiger partial charge in [-0.05, 0) is 37.8 Å². The smallest absolute Gasteiger partial charge is 0.404 e. The number of hydrogen-bond donors (Lipinski definition) is 2. The molecule has 0 spiro atoms. The van der Waals surface area contributed by atoms with E-state index >= 15 is 0 Å². The number of nitrogens with two attached hydrogens (primary N) is 1. The molecule has 6 rings (SSSR count). The lowest BCUT2D eigenvalue weighted by Crippen LogP contribution is -2.50. The van der Waals surface area contributed by atoms with Gasteiger partial charge in [-0.25, -0.2) is 14.8 Å². The Hall–Kier alpha value is -3.47. The van der Waals surface area contributed by atoms with E-state index in [0.717, 1.165) is 48.1 Å². The zero-order valence-corrected chi connectivity index (χ0v) is 20.0. The van der Waals surface area contributed by atoms with Gasteiger partial charge in [0.25, 0.3) is 0 Å². The maximum absolute atomic E-state index is 12.8. The molecule has 11 heteroatoms. The van der Waals surface area contributed by atoms with Crippen LogP contribution in [0.15, 0.2) is 39.7 Å². The maximum Gasteiger partial charge on any atom is 0.404 e. The van der Waals surface area contributed by atoms with Crippen LogP contribution in [0.5, 0.6) is 0 Å². The summed E-state index contributed by atoms with van der Waals surface area (Å²) in [6, 6.07) is 7.75. The van der Waals surface area contributed by atoms with Gasteiger partial charge in [0.05, 0.1) is 22.0 Å². The SMILES string of the molecule is NC(=O)OCC1(Nc2nc(N3CC=C(c4nc5ccccc5o4)CC3)nc3c2[S@@](=O)CC3)CCC1. The molecule has 10 nitrogen and oxygen atoms in total. The highest BCUT2D eigenvalue weighted by atomic mass is 32.2. The van der Waals surface area contributed by atoms with E-state index in [1.54, 1.807) is 0 Å². The van der Waals surface area contributed by atoms with E-state index in [4.69, 9.17) is 24.9 Å². The summed E-state index contributed by atoms with van der Waals surface area (Å²) in [6.07, 6.45) is 5.35. The summed E-state index contributed by atoms with van der Waals surface area (Å²) in [5.74, 6) is 2.36. The first kappa shape index (κ1) is 22.0. The average Bonchev–Trinajstić information content (AvgIpc) is 3.44. The van der Waals surface area contributed by atoms with Crippen LogP contribution in [0, 0.1) is 0 Å². The number of oxazole rings is 1. The van der Waals surface area contributed by atoms with Crippen molar-refractivity contribution >= 4 is 45.3 Å². The summed E-state index contributed by atoms with van der Waals surface area (Å²) >= 11 is 0. The summed E-state index contributed by atoms with van der Waals surface area (Å²) in [4.78, 5) is 28.2. The summed E-state index contributed by atoms with van der Waals surface area (Å²) in [5, 5.41) is 3.46. The number of aryl methyl sites for hydroxylation is 1. The van der Waals surface area contributed by atoms with Crippen LogP contribution < -0.4 is 16.0 Å². The van der Waals surface area contributed by atoms with E-state index in [9.17, 15) is 9.00 Å². The van der Waals surface area contributed by atoms with Gasteiger partial charge in [0.2, 0.25) is 11.8 Å². The molecule has 3 aromatic rings. The normalized spacial score (nSPS) is 20.7. The van der Waals surface area contributed by atoms with Gasteiger partial charge in [-0.2, -0.15) is 4.98 Å². The van der Waals surface area contributed by atoms with Gasteiger partial charge in [0.15, 0.2) is 5.58 Å². The summed E-state index contributed by atoms with van der Waals surface area (Å²) in [5.41, 5.74) is 8.26. The Bertz CT molecular complexity index is 1330. The molecule has 1 saturated carbocycles. The molecule has 2 aromatic heterocycles. The number of anilines is 2. The number of fused-ring (bicyclic) bond motifs is 2. The van der Waals surface area contributed by atoms with Crippen molar-refractivity contribution in [1.29, 1.82) is 0 Å². The molecule has 0 saturated heterocycles. The lowest BCUT2D eigenvalue weighted by Gasteiger charge is -2.42. The average molecular weight is 495 g/mol.